The molecule has 1 amide bonds. The maximum atomic E-state index is 13.1. The number of hydrogen-bond acceptors (Lipinski definition) is 2. The first-order valence-electron chi connectivity index (χ1n) is 5.96. The van der Waals surface area contributed by atoms with E-state index in [0.717, 1.165) is 5.56 Å². The van der Waals surface area contributed by atoms with Gasteiger partial charge in [-0.2, -0.15) is 0 Å². The van der Waals surface area contributed by atoms with Gasteiger partial charge in [0.05, 0.1) is 10.6 Å². The van der Waals surface area contributed by atoms with E-state index < -0.39 is 5.91 Å². The number of halogens is 2. The summed E-state index contributed by atoms with van der Waals surface area (Å²) in [4.78, 5) is 11.2. The molecule has 20 heavy (non-hydrogen) atoms. The first kappa shape index (κ1) is 14.3. The van der Waals surface area contributed by atoms with E-state index in [-0.39, 0.29) is 16.9 Å². The normalized spacial score (nSPS) is 10.5. The SMILES string of the molecule is N=c1c(C(N)=O)cc(Cl)cn1CCc1cccc(F)c1. The molecule has 1 aromatic heterocycles. The lowest BCUT2D eigenvalue weighted by atomic mass is 10.1. The van der Waals surface area contributed by atoms with Crippen LogP contribution in [-0.4, -0.2) is 10.5 Å². The van der Waals surface area contributed by atoms with E-state index in [1.807, 2.05) is 0 Å². The van der Waals surface area contributed by atoms with Crippen LogP contribution in [0, 0.1) is 11.2 Å². The fourth-order valence-electron chi connectivity index (χ4n) is 1.92. The number of primary amides is 1. The monoisotopic (exact) mass is 293 g/mol. The van der Waals surface area contributed by atoms with Gasteiger partial charge < -0.3 is 10.3 Å². The second-order valence-corrected chi connectivity index (χ2v) is 4.79. The third kappa shape index (κ3) is 3.24. The number of nitrogens with two attached hydrogens (primary N) is 1. The molecule has 0 spiro atoms. The van der Waals surface area contributed by atoms with Crippen molar-refractivity contribution in [1.29, 1.82) is 5.41 Å². The van der Waals surface area contributed by atoms with Crippen LogP contribution in [0.5, 0.6) is 0 Å². The average molecular weight is 294 g/mol. The van der Waals surface area contributed by atoms with Crippen molar-refractivity contribution in [3.63, 3.8) is 0 Å². The fraction of sp³-hybridized carbons (Fsp3) is 0.143. The van der Waals surface area contributed by atoms with Crippen molar-refractivity contribution in [2.75, 3.05) is 0 Å². The van der Waals surface area contributed by atoms with E-state index in [2.05, 4.69) is 0 Å². The number of amides is 1. The van der Waals surface area contributed by atoms with E-state index in [1.54, 1.807) is 18.3 Å². The van der Waals surface area contributed by atoms with Gasteiger partial charge in [-0.25, -0.2) is 4.39 Å². The number of rotatable bonds is 4. The lowest BCUT2D eigenvalue weighted by Crippen LogP contribution is -2.30. The molecular formula is C14H13ClFN3O. The van der Waals surface area contributed by atoms with Crippen molar-refractivity contribution in [3.05, 3.63) is 64.0 Å². The van der Waals surface area contributed by atoms with Gasteiger partial charge in [-0.3, -0.25) is 10.2 Å². The summed E-state index contributed by atoms with van der Waals surface area (Å²) in [6.07, 6.45) is 2.07. The van der Waals surface area contributed by atoms with Crippen LogP contribution in [0.1, 0.15) is 15.9 Å². The highest BCUT2D eigenvalue weighted by atomic mass is 35.5. The maximum Gasteiger partial charge on any atom is 0.252 e. The average Bonchev–Trinajstić information content (AvgIpc) is 2.39. The van der Waals surface area contributed by atoms with Crippen LogP contribution in [0.25, 0.3) is 0 Å². The van der Waals surface area contributed by atoms with E-state index in [9.17, 15) is 9.18 Å². The molecule has 0 aliphatic heterocycles. The predicted molar refractivity (Wildman–Crippen MR) is 73.9 cm³/mol. The Kier molecular flexibility index (Phi) is 4.20. The lowest BCUT2D eigenvalue weighted by Gasteiger charge is -2.10. The molecule has 0 aliphatic carbocycles. The molecule has 2 aromatic rings. The summed E-state index contributed by atoms with van der Waals surface area (Å²) in [7, 11) is 0. The van der Waals surface area contributed by atoms with Crippen LogP contribution < -0.4 is 11.2 Å². The summed E-state index contributed by atoms with van der Waals surface area (Å²) in [6.45, 7) is 0.406. The number of pyridine rings is 1. The van der Waals surface area contributed by atoms with E-state index >= 15 is 0 Å². The van der Waals surface area contributed by atoms with Gasteiger partial charge in [-0.05, 0) is 30.2 Å². The summed E-state index contributed by atoms with van der Waals surface area (Å²) in [5.41, 5.74) is 6.07. The molecule has 1 heterocycles. The summed E-state index contributed by atoms with van der Waals surface area (Å²) >= 11 is 5.90. The molecule has 0 saturated heterocycles. The highest BCUT2D eigenvalue weighted by Gasteiger charge is 2.08. The summed E-state index contributed by atoms with van der Waals surface area (Å²) in [5, 5.41) is 8.24. The standard InChI is InChI=1S/C14H13ClFN3O/c15-10-7-12(14(18)20)13(17)19(8-10)5-4-9-2-1-3-11(16)6-9/h1-3,6-8,17H,4-5H2,(H2,18,20). The molecule has 0 unspecified atom stereocenters. The van der Waals surface area contributed by atoms with Gasteiger partial charge in [0.25, 0.3) is 5.91 Å². The van der Waals surface area contributed by atoms with Crippen LogP contribution in [0.3, 0.4) is 0 Å². The molecule has 2 rings (SSSR count). The summed E-state index contributed by atoms with van der Waals surface area (Å²) < 4.78 is 14.6. The van der Waals surface area contributed by atoms with Crippen molar-refractivity contribution >= 4 is 17.5 Å². The van der Waals surface area contributed by atoms with Gasteiger partial charge in [-0.1, -0.05) is 23.7 Å². The molecular weight excluding hydrogens is 281 g/mol. The number of aryl methyl sites for hydroxylation is 2. The van der Waals surface area contributed by atoms with Crippen LogP contribution in [-0.2, 0) is 13.0 Å². The van der Waals surface area contributed by atoms with Crippen LogP contribution in [0.4, 0.5) is 4.39 Å². The highest BCUT2D eigenvalue weighted by Crippen LogP contribution is 2.09. The zero-order valence-corrected chi connectivity index (χ0v) is 11.3. The number of benzene rings is 1. The van der Waals surface area contributed by atoms with Crippen LogP contribution in [0.15, 0.2) is 36.5 Å². The Labute approximate surface area is 120 Å². The minimum Gasteiger partial charge on any atom is -0.365 e. The summed E-state index contributed by atoms with van der Waals surface area (Å²) in [6, 6.07) is 7.60. The molecule has 104 valence electrons. The predicted octanol–water partition coefficient (Wildman–Crippen LogP) is 2.10. The van der Waals surface area contributed by atoms with Crippen molar-refractivity contribution < 1.29 is 9.18 Å². The van der Waals surface area contributed by atoms with Crippen molar-refractivity contribution in [2.45, 2.75) is 13.0 Å². The fourth-order valence-corrected chi connectivity index (χ4v) is 2.14. The number of nitrogens with one attached hydrogen (secondary N) is 1. The van der Waals surface area contributed by atoms with Crippen molar-refractivity contribution in [2.24, 2.45) is 5.73 Å². The number of carbonyl (C=O) groups is 1. The van der Waals surface area contributed by atoms with Crippen LogP contribution in [0.2, 0.25) is 5.02 Å². The Morgan fingerprint density at radius 2 is 2.15 bits per heavy atom. The highest BCUT2D eigenvalue weighted by molar-refractivity contribution is 6.30. The molecule has 0 atom stereocenters. The first-order valence-corrected chi connectivity index (χ1v) is 6.34. The van der Waals surface area contributed by atoms with Gasteiger partial charge in [-0.15, -0.1) is 0 Å². The molecule has 1 aromatic carbocycles. The van der Waals surface area contributed by atoms with Gasteiger partial charge in [0.2, 0.25) is 0 Å². The molecule has 0 bridgehead atoms. The maximum absolute atomic E-state index is 13.1. The topological polar surface area (TPSA) is 71.9 Å². The second-order valence-electron chi connectivity index (χ2n) is 4.36. The summed E-state index contributed by atoms with van der Waals surface area (Å²) in [5.74, 6) is -1.00. The number of nitrogens with zero attached hydrogens (tertiary/aromatic N) is 1. The third-order valence-corrected chi connectivity index (χ3v) is 3.11. The second kappa shape index (κ2) is 5.88. The molecule has 4 nitrogen and oxygen atoms in total. The molecule has 0 radical (unpaired) electrons. The van der Waals surface area contributed by atoms with Gasteiger partial charge >= 0.3 is 0 Å². The number of aromatic nitrogens is 1. The minimum atomic E-state index is -0.697. The lowest BCUT2D eigenvalue weighted by molar-refractivity contribution is 0.0997. The molecule has 0 fully saturated rings. The largest absolute Gasteiger partial charge is 0.365 e. The third-order valence-electron chi connectivity index (χ3n) is 2.90. The van der Waals surface area contributed by atoms with E-state index in [4.69, 9.17) is 22.7 Å². The minimum absolute atomic E-state index is 0.00157. The van der Waals surface area contributed by atoms with E-state index in [0.29, 0.717) is 18.0 Å². The zero-order chi connectivity index (χ0) is 14.7. The van der Waals surface area contributed by atoms with Crippen molar-refractivity contribution in [3.8, 4) is 0 Å². The Hall–Kier alpha value is -2.14. The van der Waals surface area contributed by atoms with Crippen molar-refractivity contribution in [1.82, 2.24) is 4.57 Å². The Bertz CT molecular complexity index is 712. The van der Waals surface area contributed by atoms with Crippen LogP contribution >= 0.6 is 11.6 Å². The van der Waals surface area contributed by atoms with Gasteiger partial charge in [0, 0.05) is 12.7 Å². The molecule has 6 heteroatoms. The molecule has 0 aliphatic rings. The quantitative estimate of drug-likeness (QED) is 0.890. The Balaban J connectivity index is 2.26. The number of carbonyl (C=O) groups excluding carboxylic acids is 1. The Morgan fingerprint density at radius 1 is 1.40 bits per heavy atom. The number of hydrogen-bond donors (Lipinski definition) is 2. The zero-order valence-electron chi connectivity index (χ0n) is 10.6. The van der Waals surface area contributed by atoms with Gasteiger partial charge in [0.1, 0.15) is 11.3 Å². The van der Waals surface area contributed by atoms with Gasteiger partial charge in [0.15, 0.2) is 0 Å². The Morgan fingerprint density at radius 3 is 2.80 bits per heavy atom. The smallest absolute Gasteiger partial charge is 0.252 e. The molecule has 0 saturated carbocycles. The van der Waals surface area contributed by atoms with E-state index in [1.165, 1.54) is 22.8 Å². The first-order chi connectivity index (χ1) is 9.47. The molecule has 3 N–H and O–H groups in total.